The molecule has 0 unspecified atom stereocenters. The van der Waals surface area contributed by atoms with E-state index >= 15 is 0 Å². The predicted octanol–water partition coefficient (Wildman–Crippen LogP) is 1.69. The quantitative estimate of drug-likeness (QED) is 0.791. The lowest BCUT2D eigenvalue weighted by atomic mass is 10.1. The summed E-state index contributed by atoms with van der Waals surface area (Å²) in [6, 6.07) is 6.47. The average Bonchev–Trinajstić information content (AvgIpc) is 2.76. The van der Waals surface area contributed by atoms with Gasteiger partial charge in [-0.05, 0) is 30.7 Å². The summed E-state index contributed by atoms with van der Waals surface area (Å²) >= 11 is 0.969. The molecule has 1 heterocycles. The molecule has 20 heavy (non-hydrogen) atoms. The minimum absolute atomic E-state index is 0.0990. The molecule has 0 aliphatic carbocycles. The number of rotatable bonds is 4. The molecule has 0 atom stereocenters. The molecule has 1 aromatic rings. The van der Waals surface area contributed by atoms with Gasteiger partial charge in [-0.2, -0.15) is 0 Å². The van der Waals surface area contributed by atoms with Gasteiger partial charge in [-0.3, -0.25) is 13.9 Å². The monoisotopic (exact) mass is 313 g/mol. The molecule has 1 aliphatic rings. The second kappa shape index (κ2) is 5.97. The summed E-state index contributed by atoms with van der Waals surface area (Å²) in [6.07, 6.45) is 0.623. The van der Waals surface area contributed by atoms with Gasteiger partial charge in [0.2, 0.25) is 10.0 Å². The van der Waals surface area contributed by atoms with E-state index in [0.29, 0.717) is 24.2 Å². The highest BCUT2D eigenvalue weighted by Gasteiger charge is 2.28. The summed E-state index contributed by atoms with van der Waals surface area (Å²) in [4.78, 5) is 22.6. The van der Waals surface area contributed by atoms with Crippen LogP contribution >= 0.6 is 11.8 Å². The molecule has 1 aromatic carbocycles. The minimum atomic E-state index is -3.20. The largest absolute Gasteiger partial charge is 0.293 e. The number of thioether (sulfide) groups is 1. The van der Waals surface area contributed by atoms with Crippen LogP contribution in [-0.2, 0) is 14.8 Å². The molecule has 0 aromatic heterocycles. The Labute approximate surface area is 122 Å². The molecule has 1 fully saturated rings. The van der Waals surface area contributed by atoms with Crippen LogP contribution in [0.5, 0.6) is 0 Å². The Kier molecular flexibility index (Phi) is 4.49. The fourth-order valence-corrected chi connectivity index (χ4v) is 4.06. The number of sulfonamides is 1. The Balaban J connectivity index is 2.10. The van der Waals surface area contributed by atoms with E-state index in [0.717, 1.165) is 11.8 Å². The third kappa shape index (κ3) is 3.40. The van der Waals surface area contributed by atoms with Gasteiger partial charge in [0, 0.05) is 19.0 Å². The third-order valence-electron chi connectivity index (χ3n) is 2.98. The van der Waals surface area contributed by atoms with Crippen molar-refractivity contribution in [1.82, 2.24) is 0 Å². The number of nitrogens with zero attached hydrogens (tertiary/aromatic N) is 1. The maximum Gasteiger partial charge on any atom is 0.235 e. The molecule has 0 spiro atoms. The zero-order chi connectivity index (χ0) is 14.8. The van der Waals surface area contributed by atoms with Gasteiger partial charge in [0.05, 0.1) is 17.2 Å². The lowest BCUT2D eigenvalue weighted by Gasteiger charge is -2.16. The first kappa shape index (κ1) is 15.1. The van der Waals surface area contributed by atoms with E-state index in [1.165, 1.54) is 11.2 Å². The van der Waals surface area contributed by atoms with Crippen molar-refractivity contribution in [1.29, 1.82) is 0 Å². The normalized spacial score (nSPS) is 17.1. The molecule has 2 rings (SSSR count). The van der Waals surface area contributed by atoms with Crippen molar-refractivity contribution in [2.45, 2.75) is 13.3 Å². The SMILES string of the molecule is CC(=O)SCC(=O)c1ccc(N2CCCS2(=O)=O)cc1. The number of carbonyl (C=O) groups is 2. The zero-order valence-electron chi connectivity index (χ0n) is 11.0. The van der Waals surface area contributed by atoms with Crippen LogP contribution in [0.25, 0.3) is 0 Å². The minimum Gasteiger partial charge on any atom is -0.293 e. The van der Waals surface area contributed by atoms with E-state index in [4.69, 9.17) is 0 Å². The molecule has 5 nitrogen and oxygen atoms in total. The highest BCUT2D eigenvalue weighted by molar-refractivity contribution is 8.14. The van der Waals surface area contributed by atoms with Crippen LogP contribution in [-0.4, -0.2) is 37.4 Å². The van der Waals surface area contributed by atoms with Gasteiger partial charge in [-0.1, -0.05) is 11.8 Å². The Morgan fingerprint density at radius 3 is 2.40 bits per heavy atom. The molecule has 0 saturated carbocycles. The summed E-state index contributed by atoms with van der Waals surface area (Å²) in [6.45, 7) is 1.90. The lowest BCUT2D eigenvalue weighted by Crippen LogP contribution is -2.25. The number of Topliss-reactive ketones (excluding diaryl/α,β-unsaturated/α-hetero) is 1. The Morgan fingerprint density at radius 2 is 1.90 bits per heavy atom. The first-order chi connectivity index (χ1) is 9.40. The van der Waals surface area contributed by atoms with E-state index in [2.05, 4.69) is 0 Å². The van der Waals surface area contributed by atoms with Crippen LogP contribution in [0.3, 0.4) is 0 Å². The van der Waals surface area contributed by atoms with E-state index in [1.807, 2.05) is 0 Å². The Morgan fingerprint density at radius 1 is 1.25 bits per heavy atom. The molecule has 0 bridgehead atoms. The molecule has 7 heteroatoms. The highest BCUT2D eigenvalue weighted by atomic mass is 32.2. The van der Waals surface area contributed by atoms with Crippen molar-refractivity contribution in [3.05, 3.63) is 29.8 Å². The summed E-state index contributed by atoms with van der Waals surface area (Å²) in [5.74, 6) is 0.139. The number of anilines is 1. The first-order valence-corrected chi connectivity index (χ1v) is 8.77. The van der Waals surface area contributed by atoms with E-state index < -0.39 is 10.0 Å². The second-order valence-corrected chi connectivity index (χ2v) is 7.66. The molecule has 0 N–H and O–H groups in total. The van der Waals surface area contributed by atoms with Gasteiger partial charge in [0.15, 0.2) is 10.9 Å². The van der Waals surface area contributed by atoms with Crippen LogP contribution in [0.1, 0.15) is 23.7 Å². The summed E-state index contributed by atoms with van der Waals surface area (Å²) < 4.78 is 24.9. The summed E-state index contributed by atoms with van der Waals surface area (Å²) in [7, 11) is -3.20. The van der Waals surface area contributed by atoms with Gasteiger partial charge < -0.3 is 0 Å². The molecular weight excluding hydrogens is 298 g/mol. The molecule has 108 valence electrons. The van der Waals surface area contributed by atoms with Gasteiger partial charge >= 0.3 is 0 Å². The van der Waals surface area contributed by atoms with E-state index in [9.17, 15) is 18.0 Å². The smallest absolute Gasteiger partial charge is 0.235 e. The van der Waals surface area contributed by atoms with Crippen molar-refractivity contribution in [2.75, 3.05) is 22.4 Å². The molecular formula is C13H15NO4S2. The van der Waals surface area contributed by atoms with Crippen molar-refractivity contribution >= 4 is 38.4 Å². The van der Waals surface area contributed by atoms with E-state index in [1.54, 1.807) is 24.3 Å². The van der Waals surface area contributed by atoms with Crippen LogP contribution in [0.4, 0.5) is 5.69 Å². The summed E-state index contributed by atoms with van der Waals surface area (Å²) in [5.41, 5.74) is 1.07. The van der Waals surface area contributed by atoms with E-state index in [-0.39, 0.29) is 22.4 Å². The second-order valence-electron chi connectivity index (χ2n) is 4.49. The van der Waals surface area contributed by atoms with Crippen LogP contribution in [0.2, 0.25) is 0 Å². The number of hydrogen-bond donors (Lipinski definition) is 0. The average molecular weight is 313 g/mol. The maximum absolute atomic E-state index is 11.8. The first-order valence-electron chi connectivity index (χ1n) is 6.17. The molecule has 1 aliphatic heterocycles. The standard InChI is InChI=1S/C13H15NO4S2/c1-10(15)19-9-13(16)11-3-5-12(6-4-11)14-7-2-8-20(14,17)18/h3-6H,2,7-9H2,1H3. The van der Waals surface area contributed by atoms with Gasteiger partial charge in [0.25, 0.3) is 0 Å². The zero-order valence-corrected chi connectivity index (χ0v) is 12.7. The van der Waals surface area contributed by atoms with Gasteiger partial charge in [0.1, 0.15) is 0 Å². The van der Waals surface area contributed by atoms with Crippen LogP contribution in [0.15, 0.2) is 24.3 Å². The van der Waals surface area contributed by atoms with Crippen LogP contribution < -0.4 is 4.31 Å². The highest BCUT2D eigenvalue weighted by Crippen LogP contribution is 2.24. The molecule has 0 amide bonds. The number of ketones is 1. The van der Waals surface area contributed by atoms with Gasteiger partial charge in [-0.25, -0.2) is 8.42 Å². The number of carbonyl (C=O) groups excluding carboxylic acids is 2. The third-order valence-corrected chi connectivity index (χ3v) is 5.67. The molecule has 0 radical (unpaired) electrons. The molecule has 1 saturated heterocycles. The topological polar surface area (TPSA) is 71.5 Å². The summed E-state index contributed by atoms with van der Waals surface area (Å²) in [5, 5.41) is -0.0990. The fourth-order valence-electron chi connectivity index (χ4n) is 1.99. The van der Waals surface area contributed by atoms with Crippen molar-refractivity contribution < 1.29 is 18.0 Å². The number of hydrogen-bond acceptors (Lipinski definition) is 5. The van der Waals surface area contributed by atoms with Crippen molar-refractivity contribution in [3.63, 3.8) is 0 Å². The fraction of sp³-hybridized carbons (Fsp3) is 0.385. The predicted molar refractivity (Wildman–Crippen MR) is 79.7 cm³/mol. The maximum atomic E-state index is 11.8. The van der Waals surface area contributed by atoms with Crippen LogP contribution in [0, 0.1) is 0 Å². The van der Waals surface area contributed by atoms with Crippen molar-refractivity contribution in [2.24, 2.45) is 0 Å². The lowest BCUT2D eigenvalue weighted by molar-refractivity contribution is -0.109. The Bertz CT molecular complexity index is 622. The number of benzene rings is 1. The van der Waals surface area contributed by atoms with Gasteiger partial charge in [-0.15, -0.1) is 0 Å². The van der Waals surface area contributed by atoms with Crippen molar-refractivity contribution in [3.8, 4) is 0 Å². The Hall–Kier alpha value is -1.34.